The highest BCUT2D eigenvalue weighted by Gasteiger charge is 2.20. The van der Waals surface area contributed by atoms with E-state index < -0.39 is 12.1 Å². The number of hydrogen-bond acceptors (Lipinski definition) is 5. The highest BCUT2D eigenvalue weighted by atomic mass is 16.5. The van der Waals surface area contributed by atoms with Gasteiger partial charge in [0.2, 0.25) is 5.91 Å². The number of carbonyl (C=O) groups is 2. The Morgan fingerprint density at radius 1 is 0.370 bits per heavy atom. The van der Waals surface area contributed by atoms with Gasteiger partial charge < -0.3 is 20.3 Å². The number of unbranched alkanes of at least 4 members (excludes halogenated alkanes) is 50. The lowest BCUT2D eigenvalue weighted by Crippen LogP contribution is -2.45. The molecule has 0 aromatic rings. The largest absolute Gasteiger partial charge is 0.466 e. The number of esters is 1. The van der Waals surface area contributed by atoms with Crippen LogP contribution in [0.15, 0.2) is 12.2 Å². The van der Waals surface area contributed by atoms with Crippen LogP contribution in [0.3, 0.4) is 0 Å². The fourth-order valence-corrected chi connectivity index (χ4v) is 10.7. The van der Waals surface area contributed by atoms with Crippen molar-refractivity contribution in [1.29, 1.82) is 0 Å². The van der Waals surface area contributed by atoms with Crippen molar-refractivity contribution >= 4 is 11.9 Å². The van der Waals surface area contributed by atoms with E-state index in [0.717, 1.165) is 64.2 Å². The second kappa shape index (κ2) is 63.1. The van der Waals surface area contributed by atoms with Crippen molar-refractivity contribution in [2.45, 2.75) is 392 Å². The maximum Gasteiger partial charge on any atom is 0.305 e. The standard InChI is InChI=1S/C67H131NO5/c1-3-5-7-9-11-13-15-17-19-20-21-22-23-24-25-26-27-28-32-35-39-43-47-51-55-59-65(70)64(63-69)68-66(71)60-56-52-48-44-40-36-33-29-30-34-38-42-46-50-54-58-62-73-67(72)61-57-53-49-45-41-37-31-18-16-14-12-10-8-6-4-2/h29,33,64-65,69-70H,3-28,30-32,34-63H2,1-2H3,(H,68,71)/b33-29-. The minimum Gasteiger partial charge on any atom is -0.466 e. The summed E-state index contributed by atoms with van der Waals surface area (Å²) in [5.74, 6) is -0.0456. The maximum absolute atomic E-state index is 12.5. The smallest absolute Gasteiger partial charge is 0.305 e. The van der Waals surface area contributed by atoms with Gasteiger partial charge >= 0.3 is 5.97 Å². The first-order valence-electron chi connectivity index (χ1n) is 33.4. The fourth-order valence-electron chi connectivity index (χ4n) is 10.7. The Morgan fingerprint density at radius 3 is 0.973 bits per heavy atom. The third kappa shape index (κ3) is 59.7. The summed E-state index contributed by atoms with van der Waals surface area (Å²) in [5, 5.41) is 23.4. The maximum atomic E-state index is 12.5. The SMILES string of the molecule is CCCCCCCCCCCCCCCCCCCCCCCCCCCC(O)C(CO)NC(=O)CCCCCCC/C=C\CCCCCCCCCOC(=O)CCCCCCCCCCCCCCCCC. The van der Waals surface area contributed by atoms with E-state index in [1.54, 1.807) is 0 Å². The quantitative estimate of drug-likeness (QED) is 0.0320. The molecule has 0 aliphatic carbocycles. The molecule has 0 bridgehead atoms. The number of aliphatic hydroxyl groups is 2. The second-order valence-corrected chi connectivity index (χ2v) is 23.2. The lowest BCUT2D eigenvalue weighted by molar-refractivity contribution is -0.143. The molecule has 0 saturated heterocycles. The van der Waals surface area contributed by atoms with Gasteiger partial charge in [-0.25, -0.2) is 0 Å². The first kappa shape index (κ1) is 71.6. The lowest BCUT2D eigenvalue weighted by atomic mass is 10.0. The zero-order chi connectivity index (χ0) is 52.9. The molecular formula is C67H131NO5. The van der Waals surface area contributed by atoms with Crippen molar-refractivity contribution < 1.29 is 24.5 Å². The Morgan fingerprint density at radius 2 is 0.644 bits per heavy atom. The average Bonchev–Trinajstić information content (AvgIpc) is 3.39. The molecule has 0 aliphatic rings. The van der Waals surface area contributed by atoms with Gasteiger partial charge in [-0.15, -0.1) is 0 Å². The number of hydrogen-bond donors (Lipinski definition) is 3. The summed E-state index contributed by atoms with van der Waals surface area (Å²) in [6.45, 7) is 4.97. The van der Waals surface area contributed by atoms with Gasteiger partial charge in [-0.2, -0.15) is 0 Å². The van der Waals surface area contributed by atoms with Crippen LogP contribution in [0.1, 0.15) is 380 Å². The molecule has 6 nitrogen and oxygen atoms in total. The van der Waals surface area contributed by atoms with Crippen LogP contribution in [0.4, 0.5) is 0 Å². The molecule has 0 rings (SSSR count). The molecule has 0 heterocycles. The van der Waals surface area contributed by atoms with Crippen molar-refractivity contribution in [3.8, 4) is 0 Å². The van der Waals surface area contributed by atoms with Crippen LogP contribution < -0.4 is 5.32 Å². The zero-order valence-corrected chi connectivity index (χ0v) is 49.6. The van der Waals surface area contributed by atoms with E-state index in [1.165, 1.54) is 283 Å². The van der Waals surface area contributed by atoms with E-state index in [-0.39, 0.29) is 18.5 Å². The van der Waals surface area contributed by atoms with Crippen molar-refractivity contribution in [2.24, 2.45) is 0 Å². The molecule has 0 radical (unpaired) electrons. The Bertz CT molecular complexity index is 1100. The van der Waals surface area contributed by atoms with Crippen LogP contribution in [0.2, 0.25) is 0 Å². The number of allylic oxidation sites excluding steroid dienone is 2. The van der Waals surface area contributed by atoms with E-state index >= 15 is 0 Å². The van der Waals surface area contributed by atoms with Crippen molar-refractivity contribution in [3.05, 3.63) is 12.2 Å². The molecule has 0 saturated carbocycles. The molecule has 2 unspecified atom stereocenters. The molecule has 1 amide bonds. The van der Waals surface area contributed by atoms with Gasteiger partial charge in [0.15, 0.2) is 0 Å². The summed E-state index contributed by atoms with van der Waals surface area (Å²) >= 11 is 0. The van der Waals surface area contributed by atoms with E-state index in [1.807, 2.05) is 0 Å². The van der Waals surface area contributed by atoms with Crippen LogP contribution in [0.5, 0.6) is 0 Å². The summed E-state index contributed by atoms with van der Waals surface area (Å²) in [7, 11) is 0. The van der Waals surface area contributed by atoms with Gasteiger partial charge in [-0.1, -0.05) is 328 Å². The van der Waals surface area contributed by atoms with E-state index in [0.29, 0.717) is 25.9 Å². The molecule has 3 N–H and O–H groups in total. The summed E-state index contributed by atoms with van der Waals surface area (Å²) in [6, 6.07) is -0.554. The molecule has 434 valence electrons. The summed E-state index contributed by atoms with van der Waals surface area (Å²) in [5.41, 5.74) is 0. The molecule has 2 atom stereocenters. The third-order valence-electron chi connectivity index (χ3n) is 15.8. The third-order valence-corrected chi connectivity index (χ3v) is 15.8. The Labute approximate surface area is 457 Å². The average molecular weight is 1030 g/mol. The molecule has 0 spiro atoms. The number of amides is 1. The van der Waals surface area contributed by atoms with Gasteiger partial charge in [0.1, 0.15) is 0 Å². The van der Waals surface area contributed by atoms with E-state index in [4.69, 9.17) is 4.74 Å². The summed E-state index contributed by atoms with van der Waals surface area (Å²) < 4.78 is 5.48. The fraction of sp³-hybridized carbons (Fsp3) is 0.940. The Hall–Kier alpha value is -1.40. The minimum absolute atomic E-state index is 0.00147. The summed E-state index contributed by atoms with van der Waals surface area (Å²) in [6.07, 6.45) is 76.6. The van der Waals surface area contributed by atoms with Gasteiger partial charge in [0.05, 0.1) is 25.4 Å². The Kier molecular flexibility index (Phi) is 61.9. The lowest BCUT2D eigenvalue weighted by Gasteiger charge is -2.22. The monoisotopic (exact) mass is 1030 g/mol. The normalized spacial score (nSPS) is 12.5. The molecule has 73 heavy (non-hydrogen) atoms. The first-order chi connectivity index (χ1) is 36.0. The van der Waals surface area contributed by atoms with E-state index in [9.17, 15) is 19.8 Å². The minimum atomic E-state index is -0.676. The molecule has 6 heteroatoms. The number of nitrogens with one attached hydrogen (secondary N) is 1. The predicted octanol–water partition coefficient (Wildman–Crippen LogP) is 21.2. The van der Waals surface area contributed by atoms with Gasteiger partial charge in [-0.3, -0.25) is 9.59 Å². The van der Waals surface area contributed by atoms with Crippen LogP contribution in [-0.2, 0) is 14.3 Å². The molecular weight excluding hydrogens is 899 g/mol. The molecule has 0 aromatic carbocycles. The second-order valence-electron chi connectivity index (χ2n) is 23.2. The highest BCUT2D eigenvalue weighted by molar-refractivity contribution is 5.76. The van der Waals surface area contributed by atoms with Crippen molar-refractivity contribution in [1.82, 2.24) is 5.32 Å². The Balaban J connectivity index is 3.44. The predicted molar refractivity (Wildman–Crippen MR) is 320 cm³/mol. The molecule has 0 aliphatic heterocycles. The molecule has 0 fully saturated rings. The van der Waals surface area contributed by atoms with Crippen LogP contribution in [0, 0.1) is 0 Å². The van der Waals surface area contributed by atoms with Crippen molar-refractivity contribution in [2.75, 3.05) is 13.2 Å². The van der Waals surface area contributed by atoms with Crippen LogP contribution >= 0.6 is 0 Å². The number of ether oxygens (including phenoxy) is 1. The number of aliphatic hydroxyl groups excluding tert-OH is 2. The molecule has 0 aromatic heterocycles. The van der Waals surface area contributed by atoms with Gasteiger partial charge in [-0.05, 0) is 51.4 Å². The van der Waals surface area contributed by atoms with Crippen LogP contribution in [-0.4, -0.2) is 47.4 Å². The van der Waals surface area contributed by atoms with Gasteiger partial charge in [0, 0.05) is 12.8 Å². The number of carbonyl (C=O) groups excluding carboxylic acids is 2. The number of rotatable bonds is 63. The first-order valence-corrected chi connectivity index (χ1v) is 33.4. The zero-order valence-electron chi connectivity index (χ0n) is 49.6. The topological polar surface area (TPSA) is 95.9 Å². The van der Waals surface area contributed by atoms with Crippen LogP contribution in [0.25, 0.3) is 0 Å². The highest BCUT2D eigenvalue weighted by Crippen LogP contribution is 2.19. The van der Waals surface area contributed by atoms with Crippen molar-refractivity contribution in [3.63, 3.8) is 0 Å². The van der Waals surface area contributed by atoms with Gasteiger partial charge in [0.25, 0.3) is 0 Å². The summed E-state index contributed by atoms with van der Waals surface area (Å²) in [4.78, 5) is 24.6. The van der Waals surface area contributed by atoms with E-state index in [2.05, 4.69) is 31.3 Å².